The number of H-pyrrole nitrogens is 1. The van der Waals surface area contributed by atoms with E-state index in [0.717, 1.165) is 44.3 Å². The summed E-state index contributed by atoms with van der Waals surface area (Å²) in [5.74, 6) is -0.657. The van der Waals surface area contributed by atoms with Crippen molar-refractivity contribution < 1.29 is 30.1 Å². The van der Waals surface area contributed by atoms with Crippen LogP contribution in [0.4, 0.5) is 13.2 Å². The average molecular weight is 519 g/mol. The normalized spacial score (nSPS) is 12.2. The Labute approximate surface area is 179 Å². The zero-order valence-corrected chi connectivity index (χ0v) is 17.9. The van der Waals surface area contributed by atoms with Gasteiger partial charge in [0, 0.05) is 23.5 Å². The molecule has 29 heavy (non-hydrogen) atoms. The van der Waals surface area contributed by atoms with Crippen LogP contribution in [-0.2, 0) is 6.42 Å². The van der Waals surface area contributed by atoms with Crippen LogP contribution >= 0.6 is 22.9 Å². The molecule has 0 aliphatic rings. The van der Waals surface area contributed by atoms with Gasteiger partial charge >= 0.3 is 12.3 Å². The second-order valence-corrected chi connectivity index (χ2v) is 9.58. The van der Waals surface area contributed by atoms with Gasteiger partial charge in [0.25, 0.3) is 0 Å². The molecule has 1 N–H and O–H groups in total. The monoisotopic (exact) mass is 519 g/mol. The number of aromatic nitrogens is 1. The number of hydrogen-bond donors (Lipinski definition) is 1. The Morgan fingerprint density at radius 1 is 1.14 bits per heavy atom. The van der Waals surface area contributed by atoms with Gasteiger partial charge in [0.2, 0.25) is 22.9 Å². The van der Waals surface area contributed by atoms with Crippen molar-refractivity contribution in [3.8, 4) is 11.5 Å². The van der Waals surface area contributed by atoms with Crippen molar-refractivity contribution in [3.63, 3.8) is 0 Å². The van der Waals surface area contributed by atoms with Gasteiger partial charge in [-0.2, -0.15) is 0 Å². The average Bonchev–Trinajstić information content (AvgIpc) is 3.03. The molecule has 0 aliphatic heterocycles. The van der Waals surface area contributed by atoms with Gasteiger partial charge in [0.1, 0.15) is 11.5 Å². The number of benzene rings is 2. The van der Waals surface area contributed by atoms with E-state index in [9.17, 15) is 18.0 Å². The van der Waals surface area contributed by atoms with Crippen LogP contribution in [0.5, 0.6) is 11.5 Å². The van der Waals surface area contributed by atoms with E-state index in [0.29, 0.717) is 5.75 Å². The molecule has 0 fully saturated rings. The van der Waals surface area contributed by atoms with Crippen LogP contribution < -0.4 is 9.47 Å². The number of halogens is 4. The zero-order chi connectivity index (χ0) is 21.2. The lowest BCUT2D eigenvalue weighted by Crippen LogP contribution is -2.29. The van der Waals surface area contributed by atoms with Crippen LogP contribution in [0.2, 0.25) is 0 Å². The van der Waals surface area contributed by atoms with Crippen LogP contribution in [-0.4, -0.2) is 40.7 Å². The molecular formula is C20H19F3IN2O3+. The maximum Gasteiger partial charge on any atom is 0.573 e. The van der Waals surface area contributed by atoms with E-state index in [1.807, 2.05) is 12.3 Å². The van der Waals surface area contributed by atoms with Crippen molar-refractivity contribution in [2.24, 2.45) is 0 Å². The molecule has 0 amide bonds. The fraction of sp³-hybridized carbons (Fsp3) is 0.250. The number of esters is 1. The standard InChI is InChI=1S/C20H19F3IN2O3/c1-26(2,24)11-10-14-12-25-16-4-3-5-17(18(14)16)28-19(27)13-6-8-15(9-7-13)29-20(21,22)23/h3-9,12,25H,10-11H2,1-2H3/q+1. The summed E-state index contributed by atoms with van der Waals surface area (Å²) < 4.78 is 46.9. The number of nitrogens with one attached hydrogen (secondary N) is 1. The summed E-state index contributed by atoms with van der Waals surface area (Å²) in [6.07, 6.45) is -2.10. The van der Waals surface area contributed by atoms with Crippen molar-refractivity contribution in [1.82, 2.24) is 4.98 Å². The Morgan fingerprint density at radius 2 is 1.83 bits per heavy atom. The fourth-order valence-corrected chi connectivity index (χ4v) is 3.08. The van der Waals surface area contributed by atoms with E-state index >= 15 is 0 Å². The van der Waals surface area contributed by atoms with Crippen molar-refractivity contribution >= 4 is 39.7 Å². The van der Waals surface area contributed by atoms with E-state index in [1.54, 1.807) is 12.1 Å². The third kappa shape index (κ3) is 5.86. The van der Waals surface area contributed by atoms with Gasteiger partial charge in [-0.25, -0.2) is 4.79 Å². The van der Waals surface area contributed by atoms with Crippen molar-refractivity contribution in [1.29, 1.82) is 0 Å². The number of ether oxygens (including phenoxy) is 2. The molecule has 3 aromatic rings. The first-order chi connectivity index (χ1) is 13.5. The second kappa shape index (κ2) is 8.23. The minimum absolute atomic E-state index is 0.124. The summed E-state index contributed by atoms with van der Waals surface area (Å²) in [6.45, 7) is 0.885. The van der Waals surface area contributed by atoms with Crippen molar-refractivity contribution in [2.75, 3.05) is 20.6 Å². The molecule has 0 atom stereocenters. The Hall–Kier alpha value is -2.27. The number of rotatable bonds is 6. The first kappa shape index (κ1) is 21.4. The number of nitrogens with zero attached hydrogens (tertiary/aromatic N) is 1. The van der Waals surface area contributed by atoms with Crippen LogP contribution in [0.1, 0.15) is 15.9 Å². The zero-order valence-electron chi connectivity index (χ0n) is 15.7. The lowest BCUT2D eigenvalue weighted by Gasteiger charge is -2.19. The molecule has 2 aromatic carbocycles. The van der Waals surface area contributed by atoms with Crippen molar-refractivity contribution in [3.05, 3.63) is 59.8 Å². The third-order valence-electron chi connectivity index (χ3n) is 4.19. The molecule has 0 spiro atoms. The summed E-state index contributed by atoms with van der Waals surface area (Å²) in [7, 11) is 4.17. The Kier molecular flexibility index (Phi) is 6.08. The number of fused-ring (bicyclic) bond motifs is 1. The first-order valence-electron chi connectivity index (χ1n) is 8.71. The number of carbonyl (C=O) groups is 1. The number of alkyl halides is 3. The number of quaternary nitrogens is 1. The largest absolute Gasteiger partial charge is 0.573 e. The fourth-order valence-electron chi connectivity index (χ4n) is 2.84. The molecule has 0 aliphatic carbocycles. The molecule has 0 saturated heterocycles. The first-order valence-corrected chi connectivity index (χ1v) is 9.68. The smallest absolute Gasteiger partial charge is 0.422 e. The van der Waals surface area contributed by atoms with Gasteiger partial charge in [0.05, 0.1) is 26.2 Å². The summed E-state index contributed by atoms with van der Waals surface area (Å²) in [6, 6.07) is 9.98. The molecule has 0 bridgehead atoms. The highest BCUT2D eigenvalue weighted by Crippen LogP contribution is 2.31. The van der Waals surface area contributed by atoms with Gasteiger partial charge in [-0.15, -0.1) is 13.2 Å². The summed E-state index contributed by atoms with van der Waals surface area (Å²) in [4.78, 5) is 15.7. The molecule has 1 aromatic heterocycles. The highest BCUT2D eigenvalue weighted by atomic mass is 127. The Morgan fingerprint density at radius 3 is 2.45 bits per heavy atom. The molecule has 3 rings (SSSR count). The third-order valence-corrected chi connectivity index (χ3v) is 4.67. The van der Waals surface area contributed by atoms with Gasteiger partial charge in [-0.3, -0.25) is 2.70 Å². The van der Waals surface area contributed by atoms with E-state index in [2.05, 4.69) is 46.7 Å². The highest BCUT2D eigenvalue weighted by molar-refractivity contribution is 14.1. The van der Waals surface area contributed by atoms with Gasteiger partial charge < -0.3 is 14.5 Å². The van der Waals surface area contributed by atoms with Gasteiger partial charge in [0.15, 0.2) is 0 Å². The summed E-state index contributed by atoms with van der Waals surface area (Å²) in [5, 5.41) is 0.822. The number of aromatic amines is 1. The number of hydrogen-bond acceptors (Lipinski definition) is 3. The predicted molar refractivity (Wildman–Crippen MR) is 111 cm³/mol. The summed E-state index contributed by atoms with van der Waals surface area (Å²) in [5.41, 5.74) is 2.00. The molecular weight excluding hydrogens is 500 g/mol. The number of likely N-dealkylation sites (N-methyl/N-ethyl adjacent to an activating group) is 1. The van der Waals surface area contributed by atoms with Gasteiger partial charge in [-0.1, -0.05) is 6.07 Å². The molecule has 0 saturated carbocycles. The molecule has 0 radical (unpaired) electrons. The SMILES string of the molecule is C[N+](C)(I)CCc1c[nH]c2cccc(OC(=O)c3ccc(OC(F)(F)F)cc3)c12. The molecule has 5 nitrogen and oxygen atoms in total. The second-order valence-electron chi connectivity index (χ2n) is 6.97. The number of carbonyl (C=O) groups excluding carboxylic acids is 1. The molecule has 9 heteroatoms. The highest BCUT2D eigenvalue weighted by Gasteiger charge is 2.31. The maximum atomic E-state index is 12.5. The predicted octanol–water partition coefficient (Wildman–Crippen LogP) is 5.25. The van der Waals surface area contributed by atoms with E-state index < -0.39 is 18.1 Å². The van der Waals surface area contributed by atoms with Gasteiger partial charge in [-0.05, 0) is 42.0 Å². The Bertz CT molecular complexity index is 1010. The topological polar surface area (TPSA) is 51.3 Å². The van der Waals surface area contributed by atoms with Crippen LogP contribution in [0.25, 0.3) is 10.9 Å². The Balaban J connectivity index is 1.80. The lowest BCUT2D eigenvalue weighted by molar-refractivity contribution is -0.706. The minimum atomic E-state index is -4.78. The minimum Gasteiger partial charge on any atom is -0.422 e. The van der Waals surface area contributed by atoms with Crippen LogP contribution in [0.3, 0.4) is 0 Å². The van der Waals surface area contributed by atoms with Crippen LogP contribution in [0, 0.1) is 0 Å². The molecule has 154 valence electrons. The van der Waals surface area contributed by atoms with E-state index in [-0.39, 0.29) is 5.56 Å². The quantitative estimate of drug-likeness (QED) is 0.210. The van der Waals surface area contributed by atoms with Crippen LogP contribution in [0.15, 0.2) is 48.7 Å². The lowest BCUT2D eigenvalue weighted by atomic mass is 10.1. The molecule has 0 unspecified atom stereocenters. The van der Waals surface area contributed by atoms with E-state index in [4.69, 9.17) is 4.74 Å². The van der Waals surface area contributed by atoms with Crippen molar-refractivity contribution in [2.45, 2.75) is 12.8 Å². The summed E-state index contributed by atoms with van der Waals surface area (Å²) >= 11 is 2.33. The van der Waals surface area contributed by atoms with E-state index in [1.165, 1.54) is 12.1 Å². The molecule has 1 heterocycles. The maximum absolute atomic E-state index is 12.5.